The lowest BCUT2D eigenvalue weighted by molar-refractivity contribution is 0.0955. The minimum absolute atomic E-state index is 0.231. The van der Waals surface area contributed by atoms with Gasteiger partial charge in [-0.2, -0.15) is 5.10 Å². The van der Waals surface area contributed by atoms with Crippen LogP contribution in [0.1, 0.15) is 21.6 Å². The van der Waals surface area contributed by atoms with Gasteiger partial charge in [-0.3, -0.25) is 14.2 Å². The van der Waals surface area contributed by atoms with E-state index in [1.165, 1.54) is 24.9 Å². The topological polar surface area (TPSA) is 94.7 Å². The summed E-state index contributed by atoms with van der Waals surface area (Å²) in [4.78, 5) is 35.9. The number of nitrogens with one attached hydrogen (secondary N) is 1. The maximum absolute atomic E-state index is 12.1. The number of rotatable bonds is 4. The van der Waals surface area contributed by atoms with E-state index in [1.54, 1.807) is 38.2 Å². The number of ether oxygens (including phenoxy) is 1. The standard InChI is InChI=1S/C16H18N4O4/c1-10-13(15(22)20(3)16(23)19(10)2)9-17-18-14(21)11-5-7-12(24-4)8-6-11/h5-9H,1-4H3,(H,18,21). The summed E-state index contributed by atoms with van der Waals surface area (Å²) in [5, 5.41) is 3.81. The molecule has 2 aromatic rings. The highest BCUT2D eigenvalue weighted by Gasteiger charge is 2.10. The van der Waals surface area contributed by atoms with Crippen LogP contribution in [0.4, 0.5) is 0 Å². The first-order chi connectivity index (χ1) is 11.4. The number of methoxy groups -OCH3 is 1. The van der Waals surface area contributed by atoms with Gasteiger partial charge in [-0.05, 0) is 31.2 Å². The molecule has 1 amide bonds. The lowest BCUT2D eigenvalue weighted by atomic mass is 10.2. The van der Waals surface area contributed by atoms with Crippen molar-refractivity contribution in [3.05, 3.63) is 61.9 Å². The van der Waals surface area contributed by atoms with E-state index in [9.17, 15) is 14.4 Å². The van der Waals surface area contributed by atoms with Crippen LogP contribution < -0.4 is 21.4 Å². The van der Waals surface area contributed by atoms with Gasteiger partial charge in [0.25, 0.3) is 11.5 Å². The lowest BCUT2D eigenvalue weighted by Gasteiger charge is -2.08. The molecule has 0 atom stereocenters. The van der Waals surface area contributed by atoms with Gasteiger partial charge in [-0.1, -0.05) is 0 Å². The van der Waals surface area contributed by atoms with Crippen LogP contribution in [-0.2, 0) is 14.1 Å². The molecule has 8 nitrogen and oxygen atoms in total. The third kappa shape index (κ3) is 3.27. The molecule has 1 N–H and O–H groups in total. The third-order valence-electron chi connectivity index (χ3n) is 3.71. The molecule has 0 aliphatic rings. The van der Waals surface area contributed by atoms with Gasteiger partial charge >= 0.3 is 5.69 Å². The number of carbonyl (C=O) groups is 1. The fraction of sp³-hybridized carbons (Fsp3) is 0.250. The van der Waals surface area contributed by atoms with Crippen LogP contribution in [-0.4, -0.2) is 28.4 Å². The highest BCUT2D eigenvalue weighted by Crippen LogP contribution is 2.10. The Kier molecular flexibility index (Phi) is 4.98. The van der Waals surface area contributed by atoms with Crippen LogP contribution in [0.2, 0.25) is 0 Å². The first-order valence-corrected chi connectivity index (χ1v) is 7.11. The Morgan fingerprint density at radius 3 is 2.38 bits per heavy atom. The largest absolute Gasteiger partial charge is 0.497 e. The summed E-state index contributed by atoms with van der Waals surface area (Å²) in [7, 11) is 4.48. The Morgan fingerprint density at radius 2 is 1.79 bits per heavy atom. The second kappa shape index (κ2) is 6.95. The van der Waals surface area contributed by atoms with Crippen molar-refractivity contribution < 1.29 is 9.53 Å². The first kappa shape index (κ1) is 17.2. The first-order valence-electron chi connectivity index (χ1n) is 7.11. The highest BCUT2D eigenvalue weighted by molar-refractivity contribution is 5.95. The van der Waals surface area contributed by atoms with Crippen molar-refractivity contribution in [1.82, 2.24) is 14.6 Å². The van der Waals surface area contributed by atoms with E-state index in [-0.39, 0.29) is 5.56 Å². The number of hydrazone groups is 1. The van der Waals surface area contributed by atoms with Gasteiger partial charge < -0.3 is 9.30 Å². The Bertz CT molecular complexity index is 907. The second-order valence-electron chi connectivity index (χ2n) is 5.13. The van der Waals surface area contributed by atoms with E-state index in [4.69, 9.17) is 4.74 Å². The van der Waals surface area contributed by atoms with E-state index in [0.29, 0.717) is 17.0 Å². The van der Waals surface area contributed by atoms with Crippen molar-refractivity contribution in [2.24, 2.45) is 19.2 Å². The smallest absolute Gasteiger partial charge is 0.330 e. The monoisotopic (exact) mass is 330 g/mol. The lowest BCUT2D eigenvalue weighted by Crippen LogP contribution is -2.40. The van der Waals surface area contributed by atoms with Gasteiger partial charge in [0.2, 0.25) is 0 Å². The van der Waals surface area contributed by atoms with Gasteiger partial charge in [0.05, 0.1) is 18.9 Å². The molecule has 0 unspecified atom stereocenters. The molecule has 0 spiro atoms. The number of hydrogen-bond donors (Lipinski definition) is 1. The molecule has 0 aliphatic heterocycles. The molecule has 126 valence electrons. The predicted molar refractivity (Wildman–Crippen MR) is 89.7 cm³/mol. The molecule has 8 heteroatoms. The summed E-state index contributed by atoms with van der Waals surface area (Å²) in [6.07, 6.45) is 1.23. The Morgan fingerprint density at radius 1 is 1.17 bits per heavy atom. The minimum atomic E-state index is -0.474. The molecule has 0 saturated carbocycles. The zero-order valence-electron chi connectivity index (χ0n) is 13.9. The normalized spacial score (nSPS) is 10.8. The molecule has 0 bridgehead atoms. The number of carbonyl (C=O) groups excluding carboxylic acids is 1. The molecule has 1 aromatic heterocycles. The molecule has 1 aromatic carbocycles. The number of amides is 1. The Labute approximate surface area is 138 Å². The minimum Gasteiger partial charge on any atom is -0.497 e. The van der Waals surface area contributed by atoms with Gasteiger partial charge in [0.15, 0.2) is 0 Å². The van der Waals surface area contributed by atoms with Crippen LogP contribution in [0.5, 0.6) is 5.75 Å². The summed E-state index contributed by atoms with van der Waals surface area (Å²) in [6, 6.07) is 6.51. The molecule has 0 fully saturated rings. The fourth-order valence-electron chi connectivity index (χ4n) is 2.08. The fourth-order valence-corrected chi connectivity index (χ4v) is 2.08. The van der Waals surface area contributed by atoms with E-state index < -0.39 is 17.2 Å². The van der Waals surface area contributed by atoms with Crippen molar-refractivity contribution >= 4 is 12.1 Å². The van der Waals surface area contributed by atoms with Gasteiger partial charge in [-0.15, -0.1) is 0 Å². The average Bonchev–Trinajstić information content (AvgIpc) is 2.61. The van der Waals surface area contributed by atoms with Crippen LogP contribution >= 0.6 is 0 Å². The predicted octanol–water partition coefficient (Wildman–Crippen LogP) is 0.165. The number of nitrogens with zero attached hydrogens (tertiary/aromatic N) is 3. The SMILES string of the molecule is COc1ccc(C(=O)NN=Cc2c(C)n(C)c(=O)n(C)c2=O)cc1. The van der Waals surface area contributed by atoms with E-state index in [2.05, 4.69) is 10.5 Å². The van der Waals surface area contributed by atoms with Crippen molar-refractivity contribution in [3.8, 4) is 5.75 Å². The number of hydrogen-bond acceptors (Lipinski definition) is 5. The second-order valence-corrected chi connectivity index (χ2v) is 5.13. The maximum Gasteiger partial charge on any atom is 0.330 e. The van der Waals surface area contributed by atoms with Crippen LogP contribution in [0.3, 0.4) is 0 Å². The van der Waals surface area contributed by atoms with E-state index in [1.807, 2.05) is 0 Å². The van der Waals surface area contributed by atoms with Gasteiger partial charge in [0.1, 0.15) is 5.75 Å². The van der Waals surface area contributed by atoms with Crippen LogP contribution in [0.25, 0.3) is 0 Å². The van der Waals surface area contributed by atoms with Crippen molar-refractivity contribution in [1.29, 1.82) is 0 Å². The molecular formula is C16H18N4O4. The third-order valence-corrected chi connectivity index (χ3v) is 3.71. The maximum atomic E-state index is 12.1. The summed E-state index contributed by atoms with van der Waals surface area (Å²) >= 11 is 0. The number of benzene rings is 1. The molecule has 0 aliphatic carbocycles. The highest BCUT2D eigenvalue weighted by atomic mass is 16.5. The summed E-state index contributed by atoms with van der Waals surface area (Å²) < 4.78 is 7.35. The summed E-state index contributed by atoms with van der Waals surface area (Å²) in [6.45, 7) is 1.63. The average molecular weight is 330 g/mol. The van der Waals surface area contributed by atoms with Gasteiger partial charge in [0, 0.05) is 25.4 Å². The zero-order chi connectivity index (χ0) is 17.9. The molecule has 0 saturated heterocycles. The molecule has 24 heavy (non-hydrogen) atoms. The van der Waals surface area contributed by atoms with Crippen molar-refractivity contribution in [2.45, 2.75) is 6.92 Å². The molecular weight excluding hydrogens is 312 g/mol. The molecule has 2 rings (SSSR count). The van der Waals surface area contributed by atoms with Crippen molar-refractivity contribution in [3.63, 3.8) is 0 Å². The molecule has 1 heterocycles. The van der Waals surface area contributed by atoms with E-state index >= 15 is 0 Å². The van der Waals surface area contributed by atoms with Gasteiger partial charge in [-0.25, -0.2) is 10.2 Å². The number of aromatic nitrogens is 2. The van der Waals surface area contributed by atoms with Crippen LogP contribution in [0.15, 0.2) is 39.0 Å². The Balaban J connectivity index is 2.21. The summed E-state index contributed by atoms with van der Waals surface area (Å²) in [5.74, 6) is 0.215. The summed E-state index contributed by atoms with van der Waals surface area (Å²) in [5.41, 5.74) is 2.55. The zero-order valence-corrected chi connectivity index (χ0v) is 13.9. The quantitative estimate of drug-likeness (QED) is 0.638. The van der Waals surface area contributed by atoms with Crippen LogP contribution in [0, 0.1) is 6.92 Å². The Hall–Kier alpha value is -3.16. The van der Waals surface area contributed by atoms with E-state index in [0.717, 1.165) is 4.57 Å². The molecule has 0 radical (unpaired) electrons. The van der Waals surface area contributed by atoms with Crippen molar-refractivity contribution in [2.75, 3.05) is 7.11 Å².